The summed E-state index contributed by atoms with van der Waals surface area (Å²) in [4.78, 5) is 39.3. The largest absolute Gasteiger partial charge is 0.464 e. The first-order chi connectivity index (χ1) is 13.2. The molecule has 6 heteroatoms. The SMILES string of the molecule is CC(=O)c1c(C)[nH]c(C(=O)COC(=O)Cc2coc3cc(C)c(C)cc23)c1C. The molecule has 2 heterocycles. The zero-order valence-electron chi connectivity index (χ0n) is 16.7. The Morgan fingerprint density at radius 2 is 1.75 bits per heavy atom. The van der Waals surface area contributed by atoms with Crippen molar-refractivity contribution in [1.82, 2.24) is 4.98 Å². The number of esters is 1. The zero-order valence-corrected chi connectivity index (χ0v) is 16.7. The lowest BCUT2D eigenvalue weighted by Crippen LogP contribution is -2.16. The van der Waals surface area contributed by atoms with E-state index in [4.69, 9.17) is 9.15 Å². The maximum atomic E-state index is 12.4. The van der Waals surface area contributed by atoms with Gasteiger partial charge in [0.25, 0.3) is 0 Å². The van der Waals surface area contributed by atoms with Crippen molar-refractivity contribution in [3.05, 3.63) is 57.6 Å². The Labute approximate surface area is 162 Å². The fourth-order valence-electron chi connectivity index (χ4n) is 3.45. The highest BCUT2D eigenvalue weighted by atomic mass is 16.5. The third kappa shape index (κ3) is 3.63. The van der Waals surface area contributed by atoms with E-state index in [9.17, 15) is 14.4 Å². The molecule has 1 aromatic carbocycles. The predicted octanol–water partition coefficient (Wildman–Crippen LogP) is 4.17. The topological polar surface area (TPSA) is 89.4 Å². The molecule has 0 saturated carbocycles. The molecule has 0 atom stereocenters. The number of furan rings is 1. The summed E-state index contributed by atoms with van der Waals surface area (Å²) in [5, 5.41) is 0.869. The van der Waals surface area contributed by atoms with Gasteiger partial charge in [0.2, 0.25) is 5.78 Å². The normalized spacial score (nSPS) is 11.0. The van der Waals surface area contributed by atoms with Gasteiger partial charge in [0.15, 0.2) is 12.4 Å². The van der Waals surface area contributed by atoms with Gasteiger partial charge in [0.05, 0.1) is 18.4 Å². The summed E-state index contributed by atoms with van der Waals surface area (Å²) < 4.78 is 10.7. The van der Waals surface area contributed by atoms with Crippen molar-refractivity contribution in [2.75, 3.05) is 6.61 Å². The van der Waals surface area contributed by atoms with Gasteiger partial charge in [-0.05, 0) is 63.4 Å². The summed E-state index contributed by atoms with van der Waals surface area (Å²) >= 11 is 0. The molecule has 0 spiro atoms. The van der Waals surface area contributed by atoms with Gasteiger partial charge in [0, 0.05) is 22.2 Å². The number of aromatic nitrogens is 1. The minimum absolute atomic E-state index is 0.0181. The summed E-state index contributed by atoms with van der Waals surface area (Å²) in [5.41, 5.74) is 5.69. The van der Waals surface area contributed by atoms with E-state index in [2.05, 4.69) is 4.98 Å². The van der Waals surface area contributed by atoms with E-state index < -0.39 is 5.97 Å². The summed E-state index contributed by atoms with van der Waals surface area (Å²) in [6.45, 7) is 8.51. The molecule has 0 amide bonds. The van der Waals surface area contributed by atoms with Crippen molar-refractivity contribution < 1.29 is 23.5 Å². The number of ether oxygens (including phenoxy) is 1. The van der Waals surface area contributed by atoms with Gasteiger partial charge in [-0.1, -0.05) is 0 Å². The van der Waals surface area contributed by atoms with Crippen LogP contribution >= 0.6 is 0 Å². The number of fused-ring (bicyclic) bond motifs is 1. The molecule has 0 fully saturated rings. The summed E-state index contributed by atoms with van der Waals surface area (Å²) in [6.07, 6.45) is 1.56. The van der Waals surface area contributed by atoms with Gasteiger partial charge in [0.1, 0.15) is 5.58 Å². The number of rotatable bonds is 6. The Hall–Kier alpha value is -3.15. The van der Waals surface area contributed by atoms with Crippen LogP contribution < -0.4 is 0 Å². The van der Waals surface area contributed by atoms with Crippen molar-refractivity contribution >= 4 is 28.5 Å². The van der Waals surface area contributed by atoms with E-state index >= 15 is 0 Å². The van der Waals surface area contributed by atoms with E-state index in [0.29, 0.717) is 22.5 Å². The van der Waals surface area contributed by atoms with Crippen LogP contribution in [0, 0.1) is 27.7 Å². The van der Waals surface area contributed by atoms with E-state index in [-0.39, 0.29) is 24.6 Å². The number of aromatic amines is 1. The Bertz CT molecular complexity index is 1100. The molecule has 1 N–H and O–H groups in total. The Morgan fingerprint density at radius 3 is 2.39 bits per heavy atom. The maximum Gasteiger partial charge on any atom is 0.310 e. The van der Waals surface area contributed by atoms with Gasteiger partial charge in [-0.25, -0.2) is 0 Å². The third-order valence-electron chi connectivity index (χ3n) is 5.04. The average Bonchev–Trinajstić information content (AvgIpc) is 3.13. The quantitative estimate of drug-likeness (QED) is 0.511. The van der Waals surface area contributed by atoms with Gasteiger partial charge < -0.3 is 14.1 Å². The summed E-state index contributed by atoms with van der Waals surface area (Å²) in [7, 11) is 0. The lowest BCUT2D eigenvalue weighted by Gasteiger charge is -2.04. The average molecular weight is 381 g/mol. The second kappa shape index (κ2) is 7.46. The number of hydrogen-bond donors (Lipinski definition) is 1. The second-order valence-electron chi connectivity index (χ2n) is 7.14. The third-order valence-corrected chi connectivity index (χ3v) is 5.04. The molecule has 3 rings (SSSR count). The van der Waals surface area contributed by atoms with Crippen LogP contribution in [0.4, 0.5) is 0 Å². The highest BCUT2D eigenvalue weighted by Gasteiger charge is 2.21. The lowest BCUT2D eigenvalue weighted by molar-refractivity contribution is -0.141. The van der Waals surface area contributed by atoms with Crippen LogP contribution in [0.15, 0.2) is 22.8 Å². The Kier molecular flexibility index (Phi) is 5.23. The summed E-state index contributed by atoms with van der Waals surface area (Å²) in [5.74, 6) is -0.994. The van der Waals surface area contributed by atoms with Crippen LogP contribution in [0.3, 0.4) is 0 Å². The monoisotopic (exact) mass is 381 g/mol. The van der Waals surface area contributed by atoms with Crippen LogP contribution in [0.25, 0.3) is 11.0 Å². The van der Waals surface area contributed by atoms with Gasteiger partial charge in [-0.15, -0.1) is 0 Å². The molecule has 2 aromatic heterocycles. The van der Waals surface area contributed by atoms with Crippen molar-refractivity contribution in [2.45, 2.75) is 41.0 Å². The van der Waals surface area contributed by atoms with Crippen LogP contribution in [0.2, 0.25) is 0 Å². The molecule has 0 aliphatic rings. The number of ketones is 2. The van der Waals surface area contributed by atoms with Crippen LogP contribution in [-0.2, 0) is 16.0 Å². The predicted molar refractivity (Wildman–Crippen MR) is 105 cm³/mol. The molecule has 0 unspecified atom stereocenters. The number of benzene rings is 1. The molecule has 6 nitrogen and oxygen atoms in total. The standard InChI is InChI=1S/C22H23NO5/c1-11-6-17-16(9-27-19(17)7-12(11)2)8-20(26)28-10-18(25)22-13(3)21(15(5)24)14(4)23-22/h6-7,9,23H,8,10H2,1-5H3. The Morgan fingerprint density at radius 1 is 1.07 bits per heavy atom. The number of aryl methyl sites for hydroxylation is 3. The number of carbonyl (C=O) groups excluding carboxylic acids is 3. The maximum absolute atomic E-state index is 12.4. The van der Waals surface area contributed by atoms with Gasteiger partial charge in [-0.2, -0.15) is 0 Å². The van der Waals surface area contributed by atoms with Crippen LogP contribution in [0.1, 0.15) is 55.7 Å². The fourth-order valence-corrected chi connectivity index (χ4v) is 3.45. The van der Waals surface area contributed by atoms with Gasteiger partial charge >= 0.3 is 5.97 Å². The first kappa shape index (κ1) is 19.6. The van der Waals surface area contributed by atoms with Gasteiger partial charge in [-0.3, -0.25) is 14.4 Å². The molecule has 28 heavy (non-hydrogen) atoms. The molecule has 146 valence electrons. The number of carbonyl (C=O) groups is 3. The van der Waals surface area contributed by atoms with E-state index in [1.165, 1.54) is 6.92 Å². The molecular formula is C22H23NO5. The van der Waals surface area contributed by atoms with Crippen molar-refractivity contribution in [1.29, 1.82) is 0 Å². The Balaban J connectivity index is 1.68. The second-order valence-corrected chi connectivity index (χ2v) is 7.14. The van der Waals surface area contributed by atoms with E-state index in [1.54, 1.807) is 20.1 Å². The molecule has 0 aliphatic carbocycles. The van der Waals surface area contributed by atoms with Crippen molar-refractivity contribution in [3.63, 3.8) is 0 Å². The number of Topliss-reactive ketones (excluding diaryl/α,β-unsaturated/α-hetero) is 2. The molecular weight excluding hydrogens is 358 g/mol. The molecule has 0 radical (unpaired) electrons. The lowest BCUT2D eigenvalue weighted by atomic mass is 10.0. The highest BCUT2D eigenvalue weighted by Crippen LogP contribution is 2.25. The number of hydrogen-bond acceptors (Lipinski definition) is 5. The van der Waals surface area contributed by atoms with Crippen LogP contribution in [0.5, 0.6) is 0 Å². The van der Waals surface area contributed by atoms with E-state index in [1.807, 2.05) is 26.0 Å². The smallest absolute Gasteiger partial charge is 0.310 e. The molecule has 0 bridgehead atoms. The minimum atomic E-state index is -0.512. The first-order valence-corrected chi connectivity index (χ1v) is 9.05. The summed E-state index contributed by atoms with van der Waals surface area (Å²) in [6, 6.07) is 3.92. The zero-order chi connectivity index (χ0) is 20.6. The highest BCUT2D eigenvalue weighted by molar-refractivity contribution is 6.04. The first-order valence-electron chi connectivity index (χ1n) is 9.05. The van der Waals surface area contributed by atoms with Crippen molar-refractivity contribution in [2.24, 2.45) is 0 Å². The fraction of sp³-hybridized carbons (Fsp3) is 0.318. The molecule has 0 saturated heterocycles. The van der Waals surface area contributed by atoms with E-state index in [0.717, 1.165) is 27.7 Å². The minimum Gasteiger partial charge on any atom is -0.464 e. The molecule has 0 aliphatic heterocycles. The molecule has 3 aromatic rings. The van der Waals surface area contributed by atoms with Crippen LogP contribution in [-0.4, -0.2) is 29.1 Å². The van der Waals surface area contributed by atoms with Crippen molar-refractivity contribution in [3.8, 4) is 0 Å². The number of nitrogens with one attached hydrogen (secondary N) is 1. The number of H-pyrrole nitrogens is 1.